The number of H-pyrrole nitrogens is 1. The first-order valence-corrected chi connectivity index (χ1v) is 5.60. The first kappa shape index (κ1) is 12.5. The predicted octanol–water partition coefficient (Wildman–Crippen LogP) is 1.99. The Labute approximate surface area is 110 Å². The molecule has 1 aromatic carbocycles. The van der Waals surface area contributed by atoms with Gasteiger partial charge in [-0.25, -0.2) is 4.98 Å². The Morgan fingerprint density at radius 1 is 1.16 bits per heavy atom. The normalized spacial score (nSPS) is 9.21. The molecule has 2 aromatic heterocycles. The Hall–Kier alpha value is -2.93. The van der Waals surface area contributed by atoms with Gasteiger partial charge in [-0.3, -0.25) is 9.78 Å². The van der Waals surface area contributed by atoms with E-state index in [0.717, 1.165) is 0 Å². The highest BCUT2D eigenvalue weighted by atomic mass is 16.1. The zero-order chi connectivity index (χ0) is 13.5. The standard InChI is InChI=1S/C10H6N2O.C5H5N/c1-2-7-3-4-9-8(5-7)10(13)12-6-11-9;1-2-4-6-5-3-1/h1,3-6H,(H,11,12,13);1-5H. The van der Waals surface area contributed by atoms with Gasteiger partial charge in [-0.2, -0.15) is 0 Å². The second kappa shape index (κ2) is 6.12. The van der Waals surface area contributed by atoms with Crippen molar-refractivity contribution < 1.29 is 0 Å². The molecule has 19 heavy (non-hydrogen) atoms. The maximum Gasteiger partial charge on any atom is 0.258 e. The second-order valence-corrected chi connectivity index (χ2v) is 3.63. The molecule has 0 radical (unpaired) electrons. The number of terminal acetylenes is 1. The van der Waals surface area contributed by atoms with Gasteiger partial charge in [0.1, 0.15) is 0 Å². The minimum absolute atomic E-state index is 0.165. The number of benzene rings is 1. The molecule has 0 fully saturated rings. The molecule has 0 aliphatic rings. The maximum absolute atomic E-state index is 11.3. The van der Waals surface area contributed by atoms with Crippen LogP contribution in [0.3, 0.4) is 0 Å². The number of aromatic amines is 1. The number of fused-ring (bicyclic) bond motifs is 1. The maximum atomic E-state index is 11.3. The average Bonchev–Trinajstić information content (AvgIpc) is 2.50. The molecule has 0 spiro atoms. The number of hydrogen-bond donors (Lipinski definition) is 1. The Morgan fingerprint density at radius 3 is 2.53 bits per heavy atom. The van der Waals surface area contributed by atoms with Crippen molar-refractivity contribution in [2.75, 3.05) is 0 Å². The lowest BCUT2D eigenvalue weighted by molar-refractivity contribution is 1.17. The molecule has 0 aliphatic carbocycles. The van der Waals surface area contributed by atoms with Crippen molar-refractivity contribution in [1.29, 1.82) is 0 Å². The lowest BCUT2D eigenvalue weighted by Gasteiger charge is -1.95. The van der Waals surface area contributed by atoms with Crippen LogP contribution in [0.4, 0.5) is 0 Å². The van der Waals surface area contributed by atoms with Gasteiger partial charge < -0.3 is 4.98 Å². The van der Waals surface area contributed by atoms with E-state index in [2.05, 4.69) is 20.9 Å². The molecule has 1 N–H and O–H groups in total. The third-order valence-electron chi connectivity index (χ3n) is 2.37. The Balaban J connectivity index is 0.000000186. The van der Waals surface area contributed by atoms with Gasteiger partial charge in [-0.1, -0.05) is 12.0 Å². The zero-order valence-corrected chi connectivity index (χ0v) is 10.1. The number of hydrogen-bond acceptors (Lipinski definition) is 3. The Kier molecular flexibility index (Phi) is 4.04. The summed E-state index contributed by atoms with van der Waals surface area (Å²) in [7, 11) is 0. The van der Waals surface area contributed by atoms with Crippen molar-refractivity contribution in [2.45, 2.75) is 0 Å². The monoisotopic (exact) mass is 249 g/mol. The molecule has 4 heteroatoms. The molecule has 0 bridgehead atoms. The number of pyridine rings is 1. The highest BCUT2D eigenvalue weighted by Crippen LogP contribution is 2.07. The third kappa shape index (κ3) is 3.27. The van der Waals surface area contributed by atoms with Crippen molar-refractivity contribution in [3.63, 3.8) is 0 Å². The zero-order valence-electron chi connectivity index (χ0n) is 10.1. The second-order valence-electron chi connectivity index (χ2n) is 3.63. The molecular weight excluding hydrogens is 238 g/mol. The number of rotatable bonds is 0. The molecule has 92 valence electrons. The molecule has 0 saturated carbocycles. The number of aromatic nitrogens is 3. The fourth-order valence-corrected chi connectivity index (χ4v) is 1.47. The topological polar surface area (TPSA) is 58.6 Å². The molecular formula is C15H11N3O. The molecule has 2 heterocycles. The summed E-state index contributed by atoms with van der Waals surface area (Å²) in [6.45, 7) is 0. The number of nitrogens with one attached hydrogen (secondary N) is 1. The van der Waals surface area contributed by atoms with Crippen molar-refractivity contribution in [2.24, 2.45) is 0 Å². The van der Waals surface area contributed by atoms with Crippen LogP contribution >= 0.6 is 0 Å². The molecule has 3 rings (SSSR count). The van der Waals surface area contributed by atoms with Gasteiger partial charge in [0.05, 0.1) is 17.2 Å². The van der Waals surface area contributed by atoms with E-state index in [-0.39, 0.29) is 5.56 Å². The van der Waals surface area contributed by atoms with Crippen molar-refractivity contribution in [3.05, 3.63) is 71.0 Å². The van der Waals surface area contributed by atoms with Gasteiger partial charge in [-0.15, -0.1) is 6.42 Å². The largest absolute Gasteiger partial charge is 0.313 e. The molecule has 4 nitrogen and oxygen atoms in total. The SMILES string of the molecule is C#Cc1ccc2nc[nH]c(=O)c2c1.c1ccncc1. The van der Waals surface area contributed by atoms with Crippen LogP contribution in [-0.2, 0) is 0 Å². The average molecular weight is 249 g/mol. The van der Waals surface area contributed by atoms with Crippen LogP contribution in [-0.4, -0.2) is 15.0 Å². The van der Waals surface area contributed by atoms with Crippen LogP contribution in [0.25, 0.3) is 10.9 Å². The van der Waals surface area contributed by atoms with Gasteiger partial charge in [0.15, 0.2) is 0 Å². The van der Waals surface area contributed by atoms with Gasteiger partial charge in [0.25, 0.3) is 5.56 Å². The van der Waals surface area contributed by atoms with E-state index in [1.54, 1.807) is 30.6 Å². The van der Waals surface area contributed by atoms with Gasteiger partial charge in [0, 0.05) is 18.0 Å². The van der Waals surface area contributed by atoms with E-state index in [1.165, 1.54) is 6.33 Å². The molecule has 0 unspecified atom stereocenters. The van der Waals surface area contributed by atoms with Crippen LogP contribution < -0.4 is 5.56 Å². The van der Waals surface area contributed by atoms with E-state index >= 15 is 0 Å². The summed E-state index contributed by atoms with van der Waals surface area (Å²) in [5.41, 5.74) is 1.18. The quantitative estimate of drug-likeness (QED) is 0.620. The smallest absolute Gasteiger partial charge is 0.258 e. The van der Waals surface area contributed by atoms with Crippen molar-refractivity contribution in [3.8, 4) is 12.3 Å². The predicted molar refractivity (Wildman–Crippen MR) is 74.5 cm³/mol. The van der Waals surface area contributed by atoms with Crippen molar-refractivity contribution in [1.82, 2.24) is 15.0 Å². The summed E-state index contributed by atoms with van der Waals surface area (Å²) >= 11 is 0. The molecule has 3 aromatic rings. The van der Waals surface area contributed by atoms with Gasteiger partial charge in [0.2, 0.25) is 0 Å². The summed E-state index contributed by atoms with van der Waals surface area (Å²) in [6.07, 6.45) is 10.1. The minimum atomic E-state index is -0.165. The lowest BCUT2D eigenvalue weighted by Crippen LogP contribution is -2.05. The summed E-state index contributed by atoms with van der Waals surface area (Å²) in [5, 5.41) is 0.526. The molecule has 0 atom stereocenters. The molecule has 0 amide bonds. The third-order valence-corrected chi connectivity index (χ3v) is 2.37. The van der Waals surface area contributed by atoms with E-state index in [1.807, 2.05) is 18.2 Å². The summed E-state index contributed by atoms with van der Waals surface area (Å²) in [4.78, 5) is 21.6. The van der Waals surface area contributed by atoms with Gasteiger partial charge >= 0.3 is 0 Å². The van der Waals surface area contributed by atoms with Crippen LogP contribution in [0.2, 0.25) is 0 Å². The summed E-state index contributed by atoms with van der Waals surface area (Å²) < 4.78 is 0. The van der Waals surface area contributed by atoms with Crippen LogP contribution in [0.15, 0.2) is 59.9 Å². The first-order chi connectivity index (χ1) is 9.31. The minimum Gasteiger partial charge on any atom is -0.313 e. The van der Waals surface area contributed by atoms with E-state index < -0.39 is 0 Å². The number of nitrogens with zero attached hydrogens (tertiary/aromatic N) is 2. The Bertz CT molecular complexity index is 731. The highest BCUT2D eigenvalue weighted by molar-refractivity contribution is 5.78. The van der Waals surface area contributed by atoms with E-state index in [9.17, 15) is 4.79 Å². The summed E-state index contributed by atoms with van der Waals surface area (Å²) in [6, 6.07) is 10.9. The molecule has 0 saturated heterocycles. The van der Waals surface area contributed by atoms with Crippen LogP contribution in [0.5, 0.6) is 0 Å². The van der Waals surface area contributed by atoms with Crippen LogP contribution in [0, 0.1) is 12.3 Å². The van der Waals surface area contributed by atoms with E-state index in [0.29, 0.717) is 16.5 Å². The fraction of sp³-hybridized carbons (Fsp3) is 0. The van der Waals surface area contributed by atoms with Gasteiger partial charge in [-0.05, 0) is 30.3 Å². The highest BCUT2D eigenvalue weighted by Gasteiger charge is 1.98. The fourth-order valence-electron chi connectivity index (χ4n) is 1.47. The van der Waals surface area contributed by atoms with Crippen LogP contribution in [0.1, 0.15) is 5.56 Å². The summed E-state index contributed by atoms with van der Waals surface area (Å²) in [5.74, 6) is 2.47. The molecule has 0 aliphatic heterocycles. The lowest BCUT2D eigenvalue weighted by atomic mass is 10.1. The van der Waals surface area contributed by atoms with E-state index in [4.69, 9.17) is 6.42 Å². The first-order valence-electron chi connectivity index (χ1n) is 5.60. The van der Waals surface area contributed by atoms with Crippen molar-refractivity contribution >= 4 is 10.9 Å². The Morgan fingerprint density at radius 2 is 1.95 bits per heavy atom.